The van der Waals surface area contributed by atoms with Gasteiger partial charge >= 0.3 is 0 Å². The van der Waals surface area contributed by atoms with Crippen LogP contribution in [0.3, 0.4) is 0 Å². The second-order valence-corrected chi connectivity index (χ2v) is 6.02. The second-order valence-electron chi connectivity index (χ2n) is 5.62. The summed E-state index contributed by atoms with van der Waals surface area (Å²) in [6, 6.07) is 8.85. The number of likely N-dealkylation sites (N-methyl/N-ethyl adjacent to an activating group) is 1. The van der Waals surface area contributed by atoms with Crippen molar-refractivity contribution in [3.63, 3.8) is 0 Å². The predicted octanol–water partition coefficient (Wildman–Crippen LogP) is 2.52. The van der Waals surface area contributed by atoms with Crippen LogP contribution in [0.2, 0.25) is 5.02 Å². The van der Waals surface area contributed by atoms with Crippen molar-refractivity contribution in [3.8, 4) is 0 Å². The fourth-order valence-corrected chi connectivity index (χ4v) is 2.87. The molecule has 1 aliphatic heterocycles. The summed E-state index contributed by atoms with van der Waals surface area (Å²) in [6.07, 6.45) is 1.43. The highest BCUT2D eigenvalue weighted by Gasteiger charge is 2.18. The van der Waals surface area contributed by atoms with E-state index in [2.05, 4.69) is 32.0 Å². The Bertz CT molecular complexity index is 716. The Hall–Kier alpha value is -2.18. The van der Waals surface area contributed by atoms with Crippen LogP contribution in [0.4, 0.5) is 11.5 Å². The van der Waals surface area contributed by atoms with E-state index < -0.39 is 0 Å². The number of anilines is 2. The maximum absolute atomic E-state index is 12.4. The molecule has 1 amide bonds. The third-order valence-corrected chi connectivity index (χ3v) is 4.48. The summed E-state index contributed by atoms with van der Waals surface area (Å²) in [6.45, 7) is 7.02. The summed E-state index contributed by atoms with van der Waals surface area (Å²) < 4.78 is 0. The lowest BCUT2D eigenvalue weighted by Crippen LogP contribution is -2.46. The molecule has 1 aromatic carbocycles. The molecule has 1 N–H and O–H groups in total. The van der Waals surface area contributed by atoms with Gasteiger partial charge in [-0.15, -0.1) is 0 Å². The molecule has 1 aromatic heterocycles. The maximum Gasteiger partial charge on any atom is 0.274 e. The van der Waals surface area contributed by atoms with E-state index in [0.29, 0.717) is 16.4 Å². The van der Waals surface area contributed by atoms with Crippen molar-refractivity contribution in [3.05, 3.63) is 47.4 Å². The number of nitrogens with one attached hydrogen (secondary N) is 1. The topological polar surface area (TPSA) is 61.4 Å². The standard InChI is InChI=1S/C17H20ClN5O/c1-2-22-7-9-23(10-8-22)16-11-15(19-12-20-16)17(24)21-14-6-4-3-5-13(14)18/h3-6,11-12H,2,7-10H2,1H3,(H,21,24). The van der Waals surface area contributed by atoms with Gasteiger partial charge in [-0.3, -0.25) is 4.79 Å². The molecule has 6 nitrogen and oxygen atoms in total. The Morgan fingerprint density at radius 3 is 2.67 bits per heavy atom. The zero-order valence-corrected chi connectivity index (χ0v) is 14.3. The number of amides is 1. The lowest BCUT2D eigenvalue weighted by molar-refractivity contribution is 0.102. The number of hydrogen-bond acceptors (Lipinski definition) is 5. The van der Waals surface area contributed by atoms with Crippen LogP contribution in [0, 0.1) is 0 Å². The third-order valence-electron chi connectivity index (χ3n) is 4.15. The van der Waals surface area contributed by atoms with E-state index >= 15 is 0 Å². The summed E-state index contributed by atoms with van der Waals surface area (Å²) >= 11 is 6.08. The van der Waals surface area contributed by atoms with E-state index in [0.717, 1.165) is 38.5 Å². The largest absolute Gasteiger partial charge is 0.354 e. The molecule has 126 valence electrons. The number of aromatic nitrogens is 2. The van der Waals surface area contributed by atoms with Gasteiger partial charge in [0.05, 0.1) is 10.7 Å². The summed E-state index contributed by atoms with van der Waals surface area (Å²) in [7, 11) is 0. The fourth-order valence-electron chi connectivity index (χ4n) is 2.69. The zero-order valence-electron chi connectivity index (χ0n) is 13.6. The molecule has 0 spiro atoms. The van der Waals surface area contributed by atoms with Gasteiger partial charge in [0.15, 0.2) is 0 Å². The van der Waals surface area contributed by atoms with Gasteiger partial charge < -0.3 is 15.1 Å². The molecule has 1 saturated heterocycles. The Kier molecular flexibility index (Phi) is 5.27. The number of benzene rings is 1. The Morgan fingerprint density at radius 2 is 1.96 bits per heavy atom. The van der Waals surface area contributed by atoms with Crippen LogP contribution in [0.25, 0.3) is 0 Å². The normalized spacial score (nSPS) is 15.3. The minimum absolute atomic E-state index is 0.293. The van der Waals surface area contributed by atoms with E-state index in [1.807, 2.05) is 12.1 Å². The van der Waals surface area contributed by atoms with Crippen molar-refractivity contribution >= 4 is 29.0 Å². The third kappa shape index (κ3) is 3.83. The summed E-state index contributed by atoms with van der Waals surface area (Å²) in [5.41, 5.74) is 0.902. The van der Waals surface area contributed by atoms with Gasteiger partial charge in [0.1, 0.15) is 17.8 Å². The molecule has 0 atom stereocenters. The van der Waals surface area contributed by atoms with Gasteiger partial charge in [-0.1, -0.05) is 30.7 Å². The van der Waals surface area contributed by atoms with Crippen LogP contribution in [0.15, 0.2) is 36.7 Å². The molecule has 1 aliphatic rings. The van der Waals surface area contributed by atoms with Gasteiger partial charge in [-0.25, -0.2) is 9.97 Å². The number of piperazine rings is 1. The van der Waals surface area contributed by atoms with Gasteiger partial charge in [-0.2, -0.15) is 0 Å². The monoisotopic (exact) mass is 345 g/mol. The number of halogens is 1. The molecule has 0 radical (unpaired) electrons. The highest BCUT2D eigenvalue weighted by Crippen LogP contribution is 2.21. The van der Waals surface area contributed by atoms with E-state index in [-0.39, 0.29) is 5.91 Å². The van der Waals surface area contributed by atoms with Gasteiger partial charge in [-0.05, 0) is 18.7 Å². The van der Waals surface area contributed by atoms with E-state index in [1.165, 1.54) is 6.33 Å². The van der Waals surface area contributed by atoms with Crippen molar-refractivity contribution in [2.75, 3.05) is 42.9 Å². The molecular formula is C17H20ClN5O. The second kappa shape index (κ2) is 7.59. The molecule has 2 heterocycles. The first-order valence-electron chi connectivity index (χ1n) is 8.02. The summed E-state index contributed by atoms with van der Waals surface area (Å²) in [5, 5.41) is 3.28. The number of para-hydroxylation sites is 1. The minimum atomic E-state index is -0.293. The number of hydrogen-bond donors (Lipinski definition) is 1. The van der Waals surface area contributed by atoms with Crippen molar-refractivity contribution in [1.82, 2.24) is 14.9 Å². The first-order chi connectivity index (χ1) is 11.7. The van der Waals surface area contributed by atoms with Crippen molar-refractivity contribution in [1.29, 1.82) is 0 Å². The molecule has 0 aliphatic carbocycles. The number of carbonyl (C=O) groups is 1. The predicted molar refractivity (Wildman–Crippen MR) is 95.8 cm³/mol. The SMILES string of the molecule is CCN1CCN(c2cc(C(=O)Nc3ccccc3Cl)ncn2)CC1. The van der Waals surface area contributed by atoms with E-state index in [9.17, 15) is 4.79 Å². The number of rotatable bonds is 4. The summed E-state index contributed by atoms with van der Waals surface area (Å²) in [5.74, 6) is 0.490. The maximum atomic E-state index is 12.4. The van der Waals surface area contributed by atoms with Crippen LogP contribution in [-0.4, -0.2) is 53.5 Å². The van der Waals surface area contributed by atoms with Gasteiger partial charge in [0.2, 0.25) is 0 Å². The molecule has 2 aromatic rings. The Morgan fingerprint density at radius 1 is 1.21 bits per heavy atom. The lowest BCUT2D eigenvalue weighted by atomic mass is 10.2. The molecule has 24 heavy (non-hydrogen) atoms. The molecule has 1 fully saturated rings. The Balaban J connectivity index is 1.71. The number of carbonyl (C=O) groups excluding carboxylic acids is 1. The van der Waals surface area contributed by atoms with Crippen LogP contribution in [-0.2, 0) is 0 Å². The van der Waals surface area contributed by atoms with Crippen LogP contribution in [0.5, 0.6) is 0 Å². The highest BCUT2D eigenvalue weighted by molar-refractivity contribution is 6.33. The molecule has 0 bridgehead atoms. The van der Waals surface area contributed by atoms with E-state index in [1.54, 1.807) is 18.2 Å². The first kappa shape index (κ1) is 16.7. The number of nitrogens with zero attached hydrogens (tertiary/aromatic N) is 4. The molecule has 0 unspecified atom stereocenters. The fraction of sp³-hybridized carbons (Fsp3) is 0.353. The quantitative estimate of drug-likeness (QED) is 0.922. The van der Waals surface area contributed by atoms with Crippen LogP contribution >= 0.6 is 11.6 Å². The summed E-state index contributed by atoms with van der Waals surface area (Å²) in [4.78, 5) is 25.4. The average Bonchev–Trinajstić information content (AvgIpc) is 2.64. The van der Waals surface area contributed by atoms with Crippen molar-refractivity contribution in [2.45, 2.75) is 6.92 Å². The molecule has 0 saturated carbocycles. The zero-order chi connectivity index (χ0) is 16.9. The lowest BCUT2D eigenvalue weighted by Gasteiger charge is -2.34. The van der Waals surface area contributed by atoms with Crippen molar-refractivity contribution in [2.24, 2.45) is 0 Å². The van der Waals surface area contributed by atoms with Gasteiger partial charge in [0, 0.05) is 32.2 Å². The molecule has 7 heteroatoms. The Labute approximate surface area is 146 Å². The first-order valence-corrected chi connectivity index (χ1v) is 8.40. The average molecular weight is 346 g/mol. The van der Waals surface area contributed by atoms with Gasteiger partial charge in [0.25, 0.3) is 5.91 Å². The smallest absolute Gasteiger partial charge is 0.274 e. The molecular weight excluding hydrogens is 326 g/mol. The van der Waals surface area contributed by atoms with Crippen LogP contribution in [0.1, 0.15) is 17.4 Å². The van der Waals surface area contributed by atoms with Crippen LogP contribution < -0.4 is 10.2 Å². The van der Waals surface area contributed by atoms with E-state index in [4.69, 9.17) is 11.6 Å². The highest BCUT2D eigenvalue weighted by atomic mass is 35.5. The van der Waals surface area contributed by atoms with Crippen molar-refractivity contribution < 1.29 is 4.79 Å². The molecule has 3 rings (SSSR count). The minimum Gasteiger partial charge on any atom is -0.354 e.